The molecule has 136 valence electrons. The Morgan fingerprint density at radius 1 is 1.15 bits per heavy atom. The van der Waals surface area contributed by atoms with Crippen LogP contribution in [0.4, 0.5) is 4.39 Å². The molecule has 26 heavy (non-hydrogen) atoms. The van der Waals surface area contributed by atoms with Crippen LogP contribution in [-0.4, -0.2) is 29.2 Å². The Bertz CT molecular complexity index is 866. The van der Waals surface area contributed by atoms with Gasteiger partial charge in [-0.15, -0.1) is 0 Å². The number of hydrogen-bond donors (Lipinski definition) is 0. The fraction of sp³-hybridized carbons (Fsp3) is 0.300. The van der Waals surface area contributed by atoms with Crippen molar-refractivity contribution in [1.29, 1.82) is 0 Å². The van der Waals surface area contributed by atoms with Gasteiger partial charge in [0.05, 0.1) is 13.7 Å². The molecule has 0 bridgehead atoms. The minimum atomic E-state index is -0.263. The summed E-state index contributed by atoms with van der Waals surface area (Å²) in [5, 5.41) is 3.97. The topological polar surface area (TPSA) is 51.4 Å². The van der Waals surface area contributed by atoms with Crippen molar-refractivity contribution in [1.82, 2.24) is 15.0 Å². The summed E-state index contributed by atoms with van der Waals surface area (Å²) in [4.78, 5) is 6.48. The molecule has 0 N–H and O–H groups in total. The zero-order valence-corrected chi connectivity index (χ0v) is 15.1. The SMILES string of the molecule is COc1ccccc1C(C)N(C)Cc1nc(Cc2ccccc2F)no1. The van der Waals surface area contributed by atoms with Crippen LogP contribution in [0.25, 0.3) is 0 Å². The van der Waals surface area contributed by atoms with E-state index in [-0.39, 0.29) is 11.9 Å². The van der Waals surface area contributed by atoms with Gasteiger partial charge in [-0.2, -0.15) is 4.98 Å². The molecular weight excluding hydrogens is 333 g/mol. The number of aromatic nitrogens is 2. The molecule has 3 rings (SSSR count). The molecule has 0 aliphatic carbocycles. The Balaban J connectivity index is 1.67. The van der Waals surface area contributed by atoms with E-state index in [1.807, 2.05) is 31.3 Å². The lowest BCUT2D eigenvalue weighted by molar-refractivity contribution is 0.212. The lowest BCUT2D eigenvalue weighted by atomic mass is 10.1. The second-order valence-electron chi connectivity index (χ2n) is 6.21. The fourth-order valence-electron chi connectivity index (χ4n) is 2.84. The Morgan fingerprint density at radius 3 is 2.65 bits per heavy atom. The Labute approximate surface area is 152 Å². The maximum Gasteiger partial charge on any atom is 0.240 e. The van der Waals surface area contributed by atoms with E-state index in [1.54, 1.807) is 25.3 Å². The standard InChI is InChI=1S/C20H22FN3O2/c1-14(16-9-5-7-11-18(16)25-3)24(2)13-20-22-19(23-26-20)12-15-8-4-6-10-17(15)21/h4-11,14H,12-13H2,1-3H3. The van der Waals surface area contributed by atoms with Crippen molar-refractivity contribution in [3.05, 3.63) is 77.2 Å². The third kappa shape index (κ3) is 4.08. The Kier molecular flexibility index (Phi) is 5.63. The largest absolute Gasteiger partial charge is 0.496 e. The summed E-state index contributed by atoms with van der Waals surface area (Å²) in [6, 6.07) is 14.6. The first-order chi connectivity index (χ1) is 12.6. The number of hydrogen-bond acceptors (Lipinski definition) is 5. The van der Waals surface area contributed by atoms with E-state index in [2.05, 4.69) is 22.0 Å². The number of para-hydroxylation sites is 1. The molecule has 6 heteroatoms. The smallest absolute Gasteiger partial charge is 0.240 e. The monoisotopic (exact) mass is 355 g/mol. The highest BCUT2D eigenvalue weighted by Gasteiger charge is 2.18. The average Bonchev–Trinajstić information content (AvgIpc) is 3.09. The number of nitrogens with zero attached hydrogens (tertiary/aromatic N) is 3. The second kappa shape index (κ2) is 8.10. The first-order valence-corrected chi connectivity index (χ1v) is 8.46. The van der Waals surface area contributed by atoms with E-state index in [0.29, 0.717) is 30.2 Å². The first kappa shape index (κ1) is 18.1. The lowest BCUT2D eigenvalue weighted by Crippen LogP contribution is -2.22. The van der Waals surface area contributed by atoms with Gasteiger partial charge in [-0.3, -0.25) is 4.90 Å². The van der Waals surface area contributed by atoms with Gasteiger partial charge < -0.3 is 9.26 Å². The third-order valence-electron chi connectivity index (χ3n) is 4.45. The summed E-state index contributed by atoms with van der Waals surface area (Å²) >= 11 is 0. The molecule has 2 aromatic carbocycles. The summed E-state index contributed by atoms with van der Waals surface area (Å²) in [6.07, 6.45) is 0.307. The molecule has 5 nitrogen and oxygen atoms in total. The predicted molar refractivity (Wildman–Crippen MR) is 96.4 cm³/mol. The van der Waals surface area contributed by atoms with Crippen molar-refractivity contribution in [3.63, 3.8) is 0 Å². The summed E-state index contributed by atoms with van der Waals surface area (Å²) < 4.78 is 24.5. The summed E-state index contributed by atoms with van der Waals surface area (Å²) in [5.74, 6) is 1.56. The highest BCUT2D eigenvalue weighted by atomic mass is 19.1. The quantitative estimate of drug-likeness (QED) is 0.641. The number of rotatable bonds is 7. The number of methoxy groups -OCH3 is 1. The van der Waals surface area contributed by atoms with Gasteiger partial charge in [-0.1, -0.05) is 41.6 Å². The molecule has 0 saturated carbocycles. The van der Waals surface area contributed by atoms with Crippen LogP contribution in [0.1, 0.15) is 35.8 Å². The first-order valence-electron chi connectivity index (χ1n) is 8.46. The van der Waals surface area contributed by atoms with Gasteiger partial charge >= 0.3 is 0 Å². The molecule has 1 heterocycles. The summed E-state index contributed by atoms with van der Waals surface area (Å²) in [5.41, 5.74) is 1.64. The van der Waals surface area contributed by atoms with Crippen molar-refractivity contribution in [2.45, 2.75) is 25.9 Å². The third-order valence-corrected chi connectivity index (χ3v) is 4.45. The van der Waals surface area contributed by atoms with Crippen molar-refractivity contribution >= 4 is 0 Å². The maximum atomic E-state index is 13.8. The summed E-state index contributed by atoms with van der Waals surface area (Å²) in [7, 11) is 3.65. The highest BCUT2D eigenvalue weighted by Crippen LogP contribution is 2.28. The molecular formula is C20H22FN3O2. The average molecular weight is 355 g/mol. The van der Waals surface area contributed by atoms with E-state index in [1.165, 1.54) is 6.07 Å². The van der Waals surface area contributed by atoms with Crippen molar-refractivity contribution in [2.24, 2.45) is 0 Å². The van der Waals surface area contributed by atoms with E-state index in [9.17, 15) is 4.39 Å². The van der Waals surface area contributed by atoms with E-state index < -0.39 is 0 Å². The van der Waals surface area contributed by atoms with Crippen LogP contribution in [0.15, 0.2) is 53.1 Å². The van der Waals surface area contributed by atoms with Gasteiger partial charge in [-0.25, -0.2) is 4.39 Å². The van der Waals surface area contributed by atoms with Gasteiger partial charge in [0.15, 0.2) is 5.82 Å². The van der Waals surface area contributed by atoms with Gasteiger partial charge in [0.2, 0.25) is 5.89 Å². The maximum absolute atomic E-state index is 13.8. The number of benzene rings is 2. The van der Waals surface area contributed by atoms with Gasteiger partial charge in [0.25, 0.3) is 0 Å². The van der Waals surface area contributed by atoms with Gasteiger partial charge in [0, 0.05) is 18.0 Å². The van der Waals surface area contributed by atoms with Crippen LogP contribution in [0.5, 0.6) is 5.75 Å². The van der Waals surface area contributed by atoms with Crippen LogP contribution in [-0.2, 0) is 13.0 Å². The summed E-state index contributed by atoms with van der Waals surface area (Å²) in [6.45, 7) is 2.58. The molecule has 1 atom stereocenters. The van der Waals surface area contributed by atoms with E-state index in [4.69, 9.17) is 9.26 Å². The molecule has 0 aliphatic heterocycles. The molecule has 0 fully saturated rings. The number of halogens is 1. The van der Waals surface area contributed by atoms with E-state index in [0.717, 1.165) is 11.3 Å². The van der Waals surface area contributed by atoms with Crippen LogP contribution in [0, 0.1) is 5.82 Å². The molecule has 1 unspecified atom stereocenters. The van der Waals surface area contributed by atoms with Crippen LogP contribution < -0.4 is 4.74 Å². The molecule has 3 aromatic rings. The normalized spacial score (nSPS) is 12.3. The molecule has 0 saturated heterocycles. The number of ether oxygens (including phenoxy) is 1. The molecule has 0 radical (unpaired) electrons. The van der Waals surface area contributed by atoms with Gasteiger partial charge in [-0.05, 0) is 31.7 Å². The zero-order chi connectivity index (χ0) is 18.5. The zero-order valence-electron chi connectivity index (χ0n) is 15.1. The van der Waals surface area contributed by atoms with Crippen LogP contribution in [0.2, 0.25) is 0 Å². The van der Waals surface area contributed by atoms with Crippen molar-refractivity contribution in [2.75, 3.05) is 14.2 Å². The van der Waals surface area contributed by atoms with Crippen LogP contribution >= 0.6 is 0 Å². The van der Waals surface area contributed by atoms with Crippen molar-refractivity contribution in [3.8, 4) is 5.75 Å². The molecule has 0 spiro atoms. The highest BCUT2D eigenvalue weighted by molar-refractivity contribution is 5.35. The molecule has 0 aliphatic rings. The van der Waals surface area contributed by atoms with Crippen LogP contribution in [0.3, 0.4) is 0 Å². The molecule has 1 aromatic heterocycles. The lowest BCUT2D eigenvalue weighted by Gasteiger charge is -2.24. The Morgan fingerprint density at radius 2 is 1.88 bits per heavy atom. The Hall–Kier alpha value is -2.73. The molecule has 0 amide bonds. The van der Waals surface area contributed by atoms with E-state index >= 15 is 0 Å². The minimum Gasteiger partial charge on any atom is -0.496 e. The fourth-order valence-corrected chi connectivity index (χ4v) is 2.84. The van der Waals surface area contributed by atoms with Crippen molar-refractivity contribution < 1.29 is 13.7 Å². The predicted octanol–water partition coefficient (Wildman–Crippen LogP) is 4.00. The second-order valence-corrected chi connectivity index (χ2v) is 6.21. The minimum absolute atomic E-state index is 0.105. The van der Waals surface area contributed by atoms with Gasteiger partial charge in [0.1, 0.15) is 11.6 Å².